The Morgan fingerprint density at radius 1 is 1.00 bits per heavy atom. The zero-order valence-electron chi connectivity index (χ0n) is 14.8. The van der Waals surface area contributed by atoms with Gasteiger partial charge >= 0.3 is 5.97 Å². The number of carbonyl (C=O) groups is 3. The first kappa shape index (κ1) is 20.5. The number of carboxylic acid groups (broad SMARTS) is 1. The fraction of sp³-hybridized carbons (Fsp3) is 0.150. The van der Waals surface area contributed by atoms with Crippen molar-refractivity contribution < 1.29 is 29.7 Å². The van der Waals surface area contributed by atoms with Crippen LogP contribution in [0.3, 0.4) is 0 Å². The Morgan fingerprint density at radius 2 is 1.71 bits per heavy atom. The lowest BCUT2D eigenvalue weighted by Crippen LogP contribution is -2.46. The van der Waals surface area contributed by atoms with E-state index in [9.17, 15) is 29.7 Å². The molecule has 0 aliphatic heterocycles. The summed E-state index contributed by atoms with van der Waals surface area (Å²) in [5, 5.41) is 32.6. The van der Waals surface area contributed by atoms with Gasteiger partial charge in [0.2, 0.25) is 11.8 Å². The predicted molar refractivity (Wildman–Crippen MR) is 102 cm³/mol. The van der Waals surface area contributed by atoms with Gasteiger partial charge in [-0.25, -0.2) is 4.79 Å². The minimum atomic E-state index is -1.17. The molecular formula is C20H20N2O6. The summed E-state index contributed by atoms with van der Waals surface area (Å²) in [6, 6.07) is 11.8. The summed E-state index contributed by atoms with van der Waals surface area (Å²) < 4.78 is 0. The Morgan fingerprint density at radius 3 is 2.36 bits per heavy atom. The normalized spacial score (nSPS) is 11.7. The highest BCUT2D eigenvalue weighted by atomic mass is 16.4. The van der Waals surface area contributed by atoms with E-state index in [0.717, 1.165) is 11.6 Å². The maximum absolute atomic E-state index is 11.9. The van der Waals surface area contributed by atoms with E-state index in [2.05, 4.69) is 10.6 Å². The van der Waals surface area contributed by atoms with E-state index < -0.39 is 23.8 Å². The Bertz CT molecular complexity index is 880. The van der Waals surface area contributed by atoms with Crippen molar-refractivity contribution in [2.75, 3.05) is 6.54 Å². The van der Waals surface area contributed by atoms with Crippen LogP contribution in [0.1, 0.15) is 11.1 Å². The number of carbonyl (C=O) groups excluding carboxylic acids is 2. The number of phenols is 2. The SMILES string of the molecule is O=C(/C=C/c1ccc(O)c(O)c1)NCC(=O)NC(Cc1ccccc1)C(=O)O. The van der Waals surface area contributed by atoms with E-state index in [1.165, 1.54) is 24.3 Å². The second kappa shape index (κ2) is 9.77. The molecule has 0 saturated carbocycles. The zero-order valence-corrected chi connectivity index (χ0v) is 14.8. The van der Waals surface area contributed by atoms with Crippen LogP contribution in [0.15, 0.2) is 54.6 Å². The molecule has 2 aromatic carbocycles. The molecular weight excluding hydrogens is 364 g/mol. The van der Waals surface area contributed by atoms with Crippen molar-refractivity contribution >= 4 is 23.9 Å². The quantitative estimate of drug-likeness (QED) is 0.341. The summed E-state index contributed by atoms with van der Waals surface area (Å²) in [5.74, 6) is -2.97. The molecule has 146 valence electrons. The lowest BCUT2D eigenvalue weighted by atomic mass is 10.1. The zero-order chi connectivity index (χ0) is 20.5. The van der Waals surface area contributed by atoms with Gasteiger partial charge in [-0.15, -0.1) is 0 Å². The maximum Gasteiger partial charge on any atom is 0.326 e. The van der Waals surface area contributed by atoms with E-state index in [1.54, 1.807) is 30.3 Å². The third kappa shape index (κ3) is 6.49. The summed E-state index contributed by atoms with van der Waals surface area (Å²) in [7, 11) is 0. The van der Waals surface area contributed by atoms with Crippen molar-refractivity contribution in [3.05, 3.63) is 65.7 Å². The fourth-order valence-corrected chi connectivity index (χ4v) is 2.34. The van der Waals surface area contributed by atoms with E-state index >= 15 is 0 Å². The maximum atomic E-state index is 11.9. The van der Waals surface area contributed by atoms with Crippen LogP contribution in [0.4, 0.5) is 0 Å². The number of phenolic OH excluding ortho intramolecular Hbond substituents is 2. The molecule has 8 heteroatoms. The van der Waals surface area contributed by atoms with Crippen LogP contribution in [0.25, 0.3) is 6.08 Å². The number of benzene rings is 2. The molecule has 0 saturated heterocycles. The fourth-order valence-electron chi connectivity index (χ4n) is 2.34. The smallest absolute Gasteiger partial charge is 0.326 e. The molecule has 0 aromatic heterocycles. The van der Waals surface area contributed by atoms with Gasteiger partial charge in [0.15, 0.2) is 11.5 Å². The van der Waals surface area contributed by atoms with Crippen molar-refractivity contribution in [2.45, 2.75) is 12.5 Å². The molecule has 1 unspecified atom stereocenters. The van der Waals surface area contributed by atoms with Gasteiger partial charge < -0.3 is 26.0 Å². The van der Waals surface area contributed by atoms with Crippen LogP contribution < -0.4 is 10.6 Å². The Kier molecular flexibility index (Phi) is 7.15. The van der Waals surface area contributed by atoms with Gasteiger partial charge in [0.1, 0.15) is 6.04 Å². The molecule has 0 fully saturated rings. The van der Waals surface area contributed by atoms with E-state index in [-0.39, 0.29) is 24.5 Å². The minimum absolute atomic E-state index is 0.125. The molecule has 0 bridgehead atoms. The Balaban J connectivity index is 1.84. The van der Waals surface area contributed by atoms with Crippen molar-refractivity contribution in [3.8, 4) is 11.5 Å². The third-order valence-electron chi connectivity index (χ3n) is 3.77. The summed E-state index contributed by atoms with van der Waals surface area (Å²) in [6.07, 6.45) is 2.67. The number of nitrogens with one attached hydrogen (secondary N) is 2. The number of aromatic hydroxyl groups is 2. The van der Waals surface area contributed by atoms with Crippen LogP contribution in [-0.2, 0) is 20.8 Å². The second-order valence-corrected chi connectivity index (χ2v) is 5.95. The molecule has 2 rings (SSSR count). The van der Waals surface area contributed by atoms with Gasteiger partial charge in [0.25, 0.3) is 0 Å². The molecule has 1 atom stereocenters. The first-order chi connectivity index (χ1) is 13.3. The molecule has 5 N–H and O–H groups in total. The summed E-state index contributed by atoms with van der Waals surface area (Å²) in [4.78, 5) is 35.0. The number of aliphatic carboxylic acids is 1. The van der Waals surface area contributed by atoms with Crippen LogP contribution in [0, 0.1) is 0 Å². The van der Waals surface area contributed by atoms with Crippen LogP contribution >= 0.6 is 0 Å². The third-order valence-corrected chi connectivity index (χ3v) is 3.77. The van der Waals surface area contributed by atoms with Gasteiger partial charge in [0, 0.05) is 12.5 Å². The van der Waals surface area contributed by atoms with Crippen molar-refractivity contribution in [1.82, 2.24) is 10.6 Å². The molecule has 8 nitrogen and oxygen atoms in total. The van der Waals surface area contributed by atoms with E-state index in [1.807, 2.05) is 0 Å². The predicted octanol–water partition coefficient (Wildman–Crippen LogP) is 1.04. The lowest BCUT2D eigenvalue weighted by molar-refractivity contribution is -0.141. The lowest BCUT2D eigenvalue weighted by Gasteiger charge is -2.14. The summed E-state index contributed by atoms with van der Waals surface area (Å²) in [6.45, 7) is -0.386. The summed E-state index contributed by atoms with van der Waals surface area (Å²) >= 11 is 0. The van der Waals surface area contributed by atoms with Gasteiger partial charge in [-0.05, 0) is 29.3 Å². The molecule has 0 spiro atoms. The highest BCUT2D eigenvalue weighted by molar-refractivity contribution is 5.95. The van der Waals surface area contributed by atoms with E-state index in [0.29, 0.717) is 5.56 Å². The van der Waals surface area contributed by atoms with Crippen molar-refractivity contribution in [1.29, 1.82) is 0 Å². The molecule has 0 aliphatic carbocycles. The van der Waals surface area contributed by atoms with Crippen LogP contribution in [-0.4, -0.2) is 45.7 Å². The van der Waals surface area contributed by atoms with Gasteiger partial charge in [-0.3, -0.25) is 9.59 Å². The number of hydrogen-bond donors (Lipinski definition) is 5. The number of carboxylic acids is 1. The number of amides is 2. The minimum Gasteiger partial charge on any atom is -0.504 e. The molecule has 0 radical (unpaired) electrons. The van der Waals surface area contributed by atoms with Gasteiger partial charge in [0.05, 0.1) is 6.54 Å². The summed E-state index contributed by atoms with van der Waals surface area (Å²) in [5.41, 5.74) is 1.24. The highest BCUT2D eigenvalue weighted by Crippen LogP contribution is 2.25. The average molecular weight is 384 g/mol. The Labute approximate surface area is 161 Å². The van der Waals surface area contributed by atoms with Crippen LogP contribution in [0.5, 0.6) is 11.5 Å². The molecule has 28 heavy (non-hydrogen) atoms. The van der Waals surface area contributed by atoms with E-state index in [4.69, 9.17) is 0 Å². The highest BCUT2D eigenvalue weighted by Gasteiger charge is 2.20. The first-order valence-electron chi connectivity index (χ1n) is 8.39. The molecule has 0 heterocycles. The monoisotopic (exact) mass is 384 g/mol. The van der Waals surface area contributed by atoms with Crippen molar-refractivity contribution in [3.63, 3.8) is 0 Å². The standard InChI is InChI=1S/C20H20N2O6/c23-16-8-6-14(11-17(16)24)7-9-18(25)21-12-19(26)22-15(20(27)28)10-13-4-2-1-3-5-13/h1-9,11,15,23-24H,10,12H2,(H,21,25)(H,22,26)(H,27,28)/b9-7+. The number of hydrogen-bond acceptors (Lipinski definition) is 5. The molecule has 0 aliphatic rings. The molecule has 2 amide bonds. The van der Waals surface area contributed by atoms with Gasteiger partial charge in [-0.1, -0.05) is 36.4 Å². The van der Waals surface area contributed by atoms with Crippen molar-refractivity contribution in [2.24, 2.45) is 0 Å². The Hall–Kier alpha value is -3.81. The second-order valence-electron chi connectivity index (χ2n) is 5.95. The average Bonchev–Trinajstić information content (AvgIpc) is 2.67. The topological polar surface area (TPSA) is 136 Å². The number of rotatable bonds is 8. The first-order valence-corrected chi connectivity index (χ1v) is 8.39. The molecule has 2 aromatic rings. The largest absolute Gasteiger partial charge is 0.504 e. The van der Waals surface area contributed by atoms with Gasteiger partial charge in [-0.2, -0.15) is 0 Å². The van der Waals surface area contributed by atoms with Crippen LogP contribution in [0.2, 0.25) is 0 Å².